The number of alkyl halides is 3. The molecule has 2 aromatic heterocycles. The van der Waals surface area contributed by atoms with Crippen molar-refractivity contribution in [2.24, 2.45) is 0 Å². The molecule has 0 bridgehead atoms. The number of ketones is 1. The van der Waals surface area contributed by atoms with Gasteiger partial charge < -0.3 is 25.1 Å². The first-order valence-corrected chi connectivity index (χ1v) is 18.6. The average molecular weight is 784 g/mol. The van der Waals surface area contributed by atoms with Gasteiger partial charge in [0.25, 0.3) is 12.3 Å². The number of hydrogen-bond donors (Lipinski definition) is 3. The maximum atomic E-state index is 14.1. The summed E-state index contributed by atoms with van der Waals surface area (Å²) in [5.41, 5.74) is 7.70. The summed E-state index contributed by atoms with van der Waals surface area (Å²) in [5.74, 6) is -2.14. The second-order valence-corrected chi connectivity index (χ2v) is 14.9. The second-order valence-electron chi connectivity index (χ2n) is 13.0. The molecule has 2 fully saturated rings. The van der Waals surface area contributed by atoms with E-state index in [1.165, 1.54) is 46.1 Å². The molecule has 3 aromatic carbocycles. The Hall–Kier alpha value is -5.95. The molecular formula is C36H33F4N7O7S. The van der Waals surface area contributed by atoms with E-state index in [9.17, 15) is 40.4 Å². The van der Waals surface area contributed by atoms with Crippen LogP contribution in [0.4, 0.5) is 33.9 Å². The van der Waals surface area contributed by atoms with Crippen molar-refractivity contribution in [1.29, 1.82) is 0 Å². The number of nitrogen functional groups attached to an aromatic ring is 1. The molecule has 1 unspecified atom stereocenters. The summed E-state index contributed by atoms with van der Waals surface area (Å²) in [6, 6.07) is 12.2. The van der Waals surface area contributed by atoms with E-state index in [1.54, 1.807) is 37.3 Å². The predicted molar refractivity (Wildman–Crippen MR) is 192 cm³/mol. The number of para-hydroxylation sites is 1. The second kappa shape index (κ2) is 14.7. The number of carbonyl (C=O) groups is 3. The van der Waals surface area contributed by atoms with Crippen molar-refractivity contribution in [1.82, 2.24) is 24.4 Å². The number of imide groups is 1. The van der Waals surface area contributed by atoms with Crippen LogP contribution in [-0.4, -0.2) is 89.9 Å². The van der Waals surface area contributed by atoms with Gasteiger partial charge in [0, 0.05) is 23.5 Å². The fourth-order valence-corrected chi connectivity index (χ4v) is 7.97. The number of anilines is 2. The monoisotopic (exact) mass is 783 g/mol. The summed E-state index contributed by atoms with van der Waals surface area (Å²) < 4.78 is 92.7. The molecule has 2 aliphatic heterocycles. The number of benzene rings is 3. The van der Waals surface area contributed by atoms with E-state index in [0.29, 0.717) is 22.4 Å². The van der Waals surface area contributed by atoms with Crippen molar-refractivity contribution >= 4 is 50.2 Å². The van der Waals surface area contributed by atoms with Crippen LogP contribution in [0.3, 0.4) is 0 Å². The third-order valence-electron chi connectivity index (χ3n) is 9.20. The van der Waals surface area contributed by atoms with E-state index in [1.807, 2.05) is 0 Å². The summed E-state index contributed by atoms with van der Waals surface area (Å²) in [6.45, 7) is -0.287. The van der Waals surface area contributed by atoms with Crippen LogP contribution >= 0.6 is 0 Å². The lowest BCUT2D eigenvalue weighted by Gasteiger charge is -2.21. The van der Waals surface area contributed by atoms with E-state index in [2.05, 4.69) is 14.8 Å². The number of nitrogens with one attached hydrogen (secondary N) is 2. The molecule has 19 heteroatoms. The van der Waals surface area contributed by atoms with Crippen molar-refractivity contribution in [2.45, 2.75) is 38.3 Å². The average Bonchev–Trinajstić information content (AvgIpc) is 3.90. The number of nitrogens with zero attached hydrogens (tertiary/aromatic N) is 4. The fraction of sp³-hybridized carbons (Fsp3) is 0.278. The molecule has 55 heavy (non-hydrogen) atoms. The van der Waals surface area contributed by atoms with E-state index >= 15 is 0 Å². The number of urea groups is 1. The smallest absolute Gasteiger partial charge is 0.332 e. The minimum atomic E-state index is -3.86. The molecule has 4 N–H and O–H groups in total. The van der Waals surface area contributed by atoms with Crippen LogP contribution in [0, 0.1) is 12.7 Å². The number of sulfonamides is 1. The minimum Gasteiger partial charge on any atom is -0.485 e. The van der Waals surface area contributed by atoms with Gasteiger partial charge in [-0.1, -0.05) is 12.1 Å². The number of carbonyl (C=O) groups excluding carboxylic acids is 3. The van der Waals surface area contributed by atoms with Gasteiger partial charge in [-0.25, -0.2) is 40.7 Å². The number of rotatable bonds is 14. The summed E-state index contributed by atoms with van der Waals surface area (Å²) in [7, 11) is -3.86. The maximum Gasteiger partial charge on any atom is 0.332 e. The van der Waals surface area contributed by atoms with Crippen molar-refractivity contribution in [3.05, 3.63) is 89.5 Å². The molecule has 2 saturated heterocycles. The highest BCUT2D eigenvalue weighted by Gasteiger charge is 2.52. The number of aryl methyl sites for hydroxylation is 1. The molecule has 3 amide bonds. The van der Waals surface area contributed by atoms with Gasteiger partial charge in [-0.05, 0) is 73.9 Å². The molecule has 5 aromatic rings. The fourth-order valence-electron chi connectivity index (χ4n) is 6.69. The molecule has 4 heterocycles. The summed E-state index contributed by atoms with van der Waals surface area (Å²) in [4.78, 5) is 45.9. The summed E-state index contributed by atoms with van der Waals surface area (Å²) in [6.07, 6.45) is -1.89. The quantitative estimate of drug-likeness (QED) is 0.0771. The molecule has 7 rings (SSSR count). The van der Waals surface area contributed by atoms with Gasteiger partial charge in [0.1, 0.15) is 30.0 Å². The van der Waals surface area contributed by atoms with Gasteiger partial charge in [-0.3, -0.25) is 14.0 Å². The topological polar surface area (TPSA) is 182 Å². The highest BCUT2D eigenvalue weighted by atomic mass is 32.2. The van der Waals surface area contributed by atoms with Gasteiger partial charge in [0.2, 0.25) is 15.8 Å². The van der Waals surface area contributed by atoms with Gasteiger partial charge in [0.15, 0.2) is 11.6 Å². The Kier molecular flexibility index (Phi) is 9.99. The third kappa shape index (κ3) is 7.31. The predicted octanol–water partition coefficient (Wildman–Crippen LogP) is 5.24. The van der Waals surface area contributed by atoms with Gasteiger partial charge in [-0.2, -0.15) is 5.10 Å². The zero-order valence-electron chi connectivity index (χ0n) is 29.0. The Morgan fingerprint density at radius 2 is 1.87 bits per heavy atom. The molecular weight excluding hydrogens is 750 g/mol. The zero-order chi connectivity index (χ0) is 39.2. The number of hydrogen-bond acceptors (Lipinski definition) is 9. The number of ether oxygens (including phenoxy) is 2. The van der Waals surface area contributed by atoms with E-state index in [0.717, 1.165) is 4.90 Å². The van der Waals surface area contributed by atoms with E-state index in [4.69, 9.17) is 15.2 Å². The molecule has 0 saturated carbocycles. The van der Waals surface area contributed by atoms with Crippen molar-refractivity contribution in [3.8, 4) is 22.9 Å². The Labute approximate surface area is 310 Å². The molecule has 288 valence electrons. The SMILES string of the molecule is Cc1cc(Oc2ccccc2F)ccc1-n1ncc(C(=O)c2cc3cc(OCC(F)F)c(N4C(=O)[C@@H]5CC(NS(=O)(=O)CCCF)CN5C4=O)cc3[nH]2)c1N. The number of aromatic amines is 1. The molecule has 0 aliphatic carbocycles. The van der Waals surface area contributed by atoms with Crippen LogP contribution in [0.5, 0.6) is 17.2 Å². The van der Waals surface area contributed by atoms with Gasteiger partial charge >= 0.3 is 6.03 Å². The van der Waals surface area contributed by atoms with Crippen LogP contribution in [0.25, 0.3) is 16.6 Å². The van der Waals surface area contributed by atoms with Gasteiger partial charge in [0.05, 0.1) is 41.3 Å². The number of H-pyrrole nitrogens is 1. The van der Waals surface area contributed by atoms with Crippen LogP contribution in [0.2, 0.25) is 0 Å². The number of halogens is 4. The summed E-state index contributed by atoms with van der Waals surface area (Å²) in [5, 5.41) is 4.63. The largest absolute Gasteiger partial charge is 0.485 e. The van der Waals surface area contributed by atoms with Crippen molar-refractivity contribution in [2.75, 3.05) is 36.2 Å². The highest BCUT2D eigenvalue weighted by Crippen LogP contribution is 2.40. The molecule has 14 nitrogen and oxygen atoms in total. The Morgan fingerprint density at radius 3 is 2.58 bits per heavy atom. The molecule has 0 radical (unpaired) electrons. The Balaban J connectivity index is 1.14. The van der Waals surface area contributed by atoms with Crippen LogP contribution < -0.4 is 24.8 Å². The normalized spacial score (nSPS) is 17.1. The minimum absolute atomic E-state index is 0.00645. The van der Waals surface area contributed by atoms with Crippen molar-refractivity contribution < 1.29 is 49.8 Å². The van der Waals surface area contributed by atoms with Crippen LogP contribution in [-0.2, 0) is 14.8 Å². The number of aromatic nitrogens is 3. The maximum absolute atomic E-state index is 14.1. The first-order valence-electron chi connectivity index (χ1n) is 16.9. The summed E-state index contributed by atoms with van der Waals surface area (Å²) >= 11 is 0. The first kappa shape index (κ1) is 37.4. The standard InChI is InChI=1S/C36H33F4N7O7S/c1-19-11-22(54-30-6-3-2-5-24(30)38)7-8-27(19)47-34(41)23(16-42-47)33(48)26-12-20-13-31(53-18-32(39)40)28(15-25(20)43-26)46-35(49)29-14-21(17-45(29)36(46)50)44-55(51,52)10-4-9-37/h2-3,5-8,11-13,15-16,21,29,32,43-44H,4,9-10,14,17-18,41H2,1H3/t21?,29-/m0/s1. The molecule has 0 spiro atoms. The zero-order valence-corrected chi connectivity index (χ0v) is 29.8. The lowest BCUT2D eigenvalue weighted by Crippen LogP contribution is -2.42. The lowest BCUT2D eigenvalue weighted by atomic mass is 10.1. The van der Waals surface area contributed by atoms with E-state index in [-0.39, 0.29) is 59.2 Å². The Bertz CT molecular complexity index is 2410. The third-order valence-corrected chi connectivity index (χ3v) is 10.7. The van der Waals surface area contributed by atoms with Gasteiger partial charge in [-0.15, -0.1) is 0 Å². The van der Waals surface area contributed by atoms with Crippen LogP contribution in [0.1, 0.15) is 34.5 Å². The number of amides is 3. The Morgan fingerprint density at radius 1 is 1.09 bits per heavy atom. The first-order chi connectivity index (χ1) is 26.2. The van der Waals surface area contributed by atoms with E-state index < -0.39 is 71.1 Å². The number of fused-ring (bicyclic) bond motifs is 2. The van der Waals surface area contributed by atoms with Crippen LogP contribution in [0.15, 0.2) is 66.9 Å². The molecule has 2 aliphatic rings. The highest BCUT2D eigenvalue weighted by molar-refractivity contribution is 7.89. The lowest BCUT2D eigenvalue weighted by molar-refractivity contribution is -0.119. The molecule has 2 atom stereocenters. The van der Waals surface area contributed by atoms with Crippen molar-refractivity contribution in [3.63, 3.8) is 0 Å². The number of nitrogens with two attached hydrogens (primary N) is 1.